The van der Waals surface area contributed by atoms with Crippen LogP contribution in [0.5, 0.6) is 5.75 Å². The highest BCUT2D eigenvalue weighted by molar-refractivity contribution is 6.32. The van der Waals surface area contributed by atoms with Crippen LogP contribution in [0.1, 0.15) is 24.0 Å². The van der Waals surface area contributed by atoms with E-state index in [9.17, 15) is 10.0 Å². The van der Waals surface area contributed by atoms with Gasteiger partial charge in [0.15, 0.2) is 11.6 Å². The Kier molecular flexibility index (Phi) is 6.48. The summed E-state index contributed by atoms with van der Waals surface area (Å²) in [5, 5.41) is 27.5. The fourth-order valence-electron chi connectivity index (χ4n) is 3.81. The van der Waals surface area contributed by atoms with Crippen LogP contribution in [0.3, 0.4) is 0 Å². The van der Waals surface area contributed by atoms with Gasteiger partial charge in [0.05, 0.1) is 18.2 Å². The molecule has 0 atom stereocenters. The number of halogens is 1. The molecule has 2 N–H and O–H groups in total. The smallest absolute Gasteiger partial charge is 0.159 e. The Morgan fingerprint density at radius 2 is 1.94 bits per heavy atom. The summed E-state index contributed by atoms with van der Waals surface area (Å²) in [5.41, 5.74) is 1.78. The number of nitrogens with one attached hydrogen (secondary N) is 1. The van der Waals surface area contributed by atoms with Gasteiger partial charge in [-0.1, -0.05) is 35.0 Å². The van der Waals surface area contributed by atoms with Gasteiger partial charge in [-0.25, -0.2) is 0 Å². The van der Waals surface area contributed by atoms with Crippen molar-refractivity contribution < 1.29 is 9.84 Å². The molecule has 0 spiro atoms. The van der Waals surface area contributed by atoms with Crippen LogP contribution in [-0.2, 0) is 13.1 Å². The van der Waals surface area contributed by atoms with E-state index in [0.29, 0.717) is 36.0 Å². The van der Waals surface area contributed by atoms with Crippen LogP contribution in [0, 0.1) is 4.91 Å². The fourth-order valence-corrected chi connectivity index (χ4v) is 4.09. The SMILES string of the molecule is COc1ccc(CNc2nnc(N3CCC(O)CC3)c3ccc(CN=O)cc23)cc1Cl. The number of methoxy groups -OCH3 is 1. The normalized spacial score (nSPS) is 14.6. The average molecular weight is 442 g/mol. The zero-order valence-electron chi connectivity index (χ0n) is 17.2. The number of aliphatic hydroxyl groups excluding tert-OH is 1. The highest BCUT2D eigenvalue weighted by Gasteiger charge is 2.21. The zero-order chi connectivity index (χ0) is 21.8. The van der Waals surface area contributed by atoms with Crippen molar-refractivity contribution in [3.63, 3.8) is 0 Å². The predicted molar refractivity (Wildman–Crippen MR) is 122 cm³/mol. The number of hydrogen-bond acceptors (Lipinski definition) is 8. The van der Waals surface area contributed by atoms with Crippen LogP contribution in [-0.4, -0.2) is 41.6 Å². The summed E-state index contributed by atoms with van der Waals surface area (Å²) >= 11 is 6.23. The lowest BCUT2D eigenvalue weighted by molar-refractivity contribution is 0.145. The third-order valence-corrected chi connectivity index (χ3v) is 5.81. The van der Waals surface area contributed by atoms with Crippen LogP contribution < -0.4 is 15.0 Å². The van der Waals surface area contributed by atoms with Gasteiger partial charge in [0.2, 0.25) is 0 Å². The van der Waals surface area contributed by atoms with Crippen molar-refractivity contribution in [1.29, 1.82) is 0 Å². The van der Waals surface area contributed by atoms with Crippen molar-refractivity contribution in [3.8, 4) is 5.75 Å². The van der Waals surface area contributed by atoms with E-state index < -0.39 is 0 Å². The number of benzene rings is 2. The monoisotopic (exact) mass is 441 g/mol. The Morgan fingerprint density at radius 3 is 2.65 bits per heavy atom. The molecule has 162 valence electrons. The van der Waals surface area contributed by atoms with Gasteiger partial charge >= 0.3 is 0 Å². The molecule has 0 amide bonds. The molecule has 8 nitrogen and oxygen atoms in total. The summed E-state index contributed by atoms with van der Waals surface area (Å²) in [6.07, 6.45) is 1.14. The molecule has 0 aliphatic carbocycles. The van der Waals surface area contributed by atoms with E-state index >= 15 is 0 Å². The zero-order valence-corrected chi connectivity index (χ0v) is 18.0. The molecule has 31 heavy (non-hydrogen) atoms. The van der Waals surface area contributed by atoms with Crippen molar-refractivity contribution in [3.05, 3.63) is 57.5 Å². The number of nitroso groups, excluding NO2 is 1. The molecular weight excluding hydrogens is 418 g/mol. The molecule has 0 unspecified atom stereocenters. The fraction of sp³-hybridized carbons (Fsp3) is 0.364. The molecule has 9 heteroatoms. The molecule has 0 bridgehead atoms. The van der Waals surface area contributed by atoms with Gasteiger partial charge in [-0.3, -0.25) is 0 Å². The molecule has 2 heterocycles. The van der Waals surface area contributed by atoms with Crippen LogP contribution in [0.2, 0.25) is 5.02 Å². The van der Waals surface area contributed by atoms with Crippen LogP contribution in [0.15, 0.2) is 41.6 Å². The number of nitrogens with zero attached hydrogens (tertiary/aromatic N) is 4. The minimum Gasteiger partial charge on any atom is -0.495 e. The Balaban J connectivity index is 1.65. The van der Waals surface area contributed by atoms with Gasteiger partial charge in [-0.05, 0) is 42.2 Å². The quantitative estimate of drug-likeness (QED) is 0.531. The maximum Gasteiger partial charge on any atom is 0.159 e. The van der Waals surface area contributed by atoms with Crippen molar-refractivity contribution in [2.24, 2.45) is 5.18 Å². The maximum absolute atomic E-state index is 10.8. The number of piperidine rings is 1. The summed E-state index contributed by atoms with van der Waals surface area (Å²) in [4.78, 5) is 12.9. The van der Waals surface area contributed by atoms with Crippen molar-refractivity contribution in [1.82, 2.24) is 10.2 Å². The standard InChI is InChI=1S/C22H24ClN5O3/c1-31-20-5-3-15(11-19(20)23)12-24-21-18-10-14(13-25-30)2-4-17(18)22(27-26-21)28-8-6-16(29)7-9-28/h2-5,10-11,16,29H,6-9,12-13H2,1H3,(H,24,26). The second-order valence-electron chi connectivity index (χ2n) is 7.58. The molecule has 0 radical (unpaired) electrons. The summed E-state index contributed by atoms with van der Waals surface area (Å²) in [5.74, 6) is 2.03. The van der Waals surface area contributed by atoms with Gasteiger partial charge in [0.25, 0.3) is 0 Å². The lowest BCUT2D eigenvalue weighted by Crippen LogP contribution is -2.36. The van der Waals surface area contributed by atoms with Gasteiger partial charge in [0.1, 0.15) is 12.3 Å². The molecule has 1 fully saturated rings. The predicted octanol–water partition coefficient (Wildman–Crippen LogP) is 4.13. The average Bonchev–Trinajstić information content (AvgIpc) is 2.78. The molecule has 2 aromatic carbocycles. The second kappa shape index (κ2) is 9.45. The second-order valence-corrected chi connectivity index (χ2v) is 7.99. The van der Waals surface area contributed by atoms with Gasteiger partial charge < -0.3 is 20.1 Å². The Labute approximate surface area is 185 Å². The molecule has 1 saturated heterocycles. The summed E-state index contributed by atoms with van der Waals surface area (Å²) < 4.78 is 5.20. The number of fused-ring (bicyclic) bond motifs is 1. The van der Waals surface area contributed by atoms with E-state index in [1.165, 1.54) is 0 Å². The van der Waals surface area contributed by atoms with E-state index in [-0.39, 0.29) is 12.6 Å². The molecule has 4 rings (SSSR count). The third-order valence-electron chi connectivity index (χ3n) is 5.51. The first-order chi connectivity index (χ1) is 15.1. The van der Waals surface area contributed by atoms with E-state index in [4.69, 9.17) is 16.3 Å². The van der Waals surface area contributed by atoms with Crippen molar-refractivity contribution in [2.45, 2.75) is 32.0 Å². The lowest BCUT2D eigenvalue weighted by Gasteiger charge is -2.31. The summed E-state index contributed by atoms with van der Waals surface area (Å²) in [6, 6.07) is 11.4. The van der Waals surface area contributed by atoms with Crippen molar-refractivity contribution >= 4 is 34.0 Å². The van der Waals surface area contributed by atoms with E-state index in [1.807, 2.05) is 36.4 Å². The number of aliphatic hydroxyl groups is 1. The van der Waals surface area contributed by atoms with Crippen molar-refractivity contribution in [2.75, 3.05) is 30.4 Å². The molecular formula is C22H24ClN5O3. The Hall–Kier alpha value is -2.97. The number of hydrogen-bond donors (Lipinski definition) is 2. The van der Waals surface area contributed by atoms with Crippen LogP contribution in [0.25, 0.3) is 10.8 Å². The van der Waals surface area contributed by atoms with E-state index in [2.05, 4.69) is 25.6 Å². The number of rotatable bonds is 7. The minimum atomic E-state index is -0.266. The largest absolute Gasteiger partial charge is 0.495 e. The first-order valence-corrected chi connectivity index (χ1v) is 10.5. The maximum atomic E-state index is 10.8. The number of ether oxygens (including phenoxy) is 1. The van der Waals surface area contributed by atoms with Gasteiger partial charge in [-0.15, -0.1) is 10.2 Å². The van der Waals surface area contributed by atoms with E-state index in [0.717, 1.165) is 40.8 Å². The molecule has 1 aromatic heterocycles. The highest BCUT2D eigenvalue weighted by Crippen LogP contribution is 2.32. The Morgan fingerprint density at radius 1 is 1.16 bits per heavy atom. The summed E-state index contributed by atoms with van der Waals surface area (Å²) in [6.45, 7) is 2.04. The Bertz CT molecular complexity index is 1090. The first kappa shape index (κ1) is 21.3. The lowest BCUT2D eigenvalue weighted by atomic mass is 10.1. The highest BCUT2D eigenvalue weighted by atomic mass is 35.5. The van der Waals surface area contributed by atoms with Gasteiger partial charge in [-0.2, -0.15) is 4.91 Å². The van der Waals surface area contributed by atoms with E-state index in [1.54, 1.807) is 7.11 Å². The molecule has 1 aliphatic rings. The molecule has 0 saturated carbocycles. The van der Waals surface area contributed by atoms with Crippen LogP contribution in [0.4, 0.5) is 11.6 Å². The molecule has 3 aromatic rings. The van der Waals surface area contributed by atoms with Gasteiger partial charge in [0, 0.05) is 30.4 Å². The molecule has 1 aliphatic heterocycles. The topological polar surface area (TPSA) is 99.9 Å². The third kappa shape index (κ3) is 4.70. The summed E-state index contributed by atoms with van der Waals surface area (Å²) in [7, 11) is 1.58. The minimum absolute atomic E-state index is 0.0943. The number of aromatic nitrogens is 2. The van der Waals surface area contributed by atoms with Crippen LogP contribution >= 0.6 is 11.6 Å². The number of anilines is 2. The first-order valence-electron chi connectivity index (χ1n) is 10.2.